The van der Waals surface area contributed by atoms with E-state index in [9.17, 15) is 0 Å². The van der Waals surface area contributed by atoms with Gasteiger partial charge in [-0.3, -0.25) is 0 Å². The molecule has 2 aromatic rings. The van der Waals surface area contributed by atoms with Crippen LogP contribution in [0.4, 0.5) is 0 Å². The van der Waals surface area contributed by atoms with Crippen molar-refractivity contribution in [2.45, 2.75) is 104 Å². The van der Waals surface area contributed by atoms with Crippen molar-refractivity contribution in [2.24, 2.45) is 0 Å². The van der Waals surface area contributed by atoms with Gasteiger partial charge in [0.1, 0.15) is 0 Å². The summed E-state index contributed by atoms with van der Waals surface area (Å²) in [5.74, 6) is 0. The van der Waals surface area contributed by atoms with Crippen LogP contribution in [-0.2, 0) is 57.7 Å². The Morgan fingerprint density at radius 2 is 1.03 bits per heavy atom. The Hall–Kier alpha value is 0.211. The predicted molar refractivity (Wildman–Crippen MR) is 150 cm³/mol. The summed E-state index contributed by atoms with van der Waals surface area (Å²) in [6.07, 6.45) is 18.9. The van der Waals surface area contributed by atoms with Gasteiger partial charge in [-0.2, -0.15) is 45.5 Å². The fraction of sp³-hybridized carbons (Fsp3) is 0.571. The predicted octanol–water partition coefficient (Wildman–Crippen LogP) is 8.08. The molecule has 0 saturated carbocycles. The Morgan fingerprint density at radius 3 is 1.34 bits per heavy atom. The van der Waals surface area contributed by atoms with E-state index in [-0.39, 0.29) is 39.7 Å². The summed E-state index contributed by atoms with van der Waals surface area (Å²) in [5.41, 5.74) is 9.78. The zero-order valence-electron chi connectivity index (χ0n) is 21.2. The fourth-order valence-electron chi connectivity index (χ4n) is 4.59. The number of aryl methyl sites for hydroxylation is 6. The van der Waals surface area contributed by atoms with Crippen molar-refractivity contribution in [1.82, 2.24) is 0 Å². The molecule has 186 valence electrons. The van der Waals surface area contributed by atoms with Crippen molar-refractivity contribution >= 4 is 32.4 Å². The quantitative estimate of drug-likeness (QED) is 0.261. The van der Waals surface area contributed by atoms with E-state index in [1.54, 1.807) is 33.4 Å². The average Bonchev–Trinajstić information content (AvgIpc) is 3.35. The Morgan fingerprint density at radius 1 is 0.688 bits per heavy atom. The van der Waals surface area contributed by atoms with E-state index in [2.05, 4.69) is 38.1 Å². The number of unbranched alkanes of at least 4 members (excludes halogenated alkanes) is 2. The van der Waals surface area contributed by atoms with E-state index in [1.807, 2.05) is 26.8 Å². The Balaban J connectivity index is -0.000000437. The molecule has 0 heterocycles. The molecule has 0 aromatic heterocycles. The van der Waals surface area contributed by atoms with Crippen LogP contribution in [0.1, 0.15) is 98.6 Å². The van der Waals surface area contributed by atoms with Crippen molar-refractivity contribution in [2.75, 3.05) is 0 Å². The van der Waals surface area contributed by atoms with E-state index in [4.69, 9.17) is 0 Å². The second-order valence-corrected chi connectivity index (χ2v) is 8.45. The standard InChI is InChI=1S/2C13H19.2CH3.2ClH.H2Si.Ti/c2*1-2-3-6-11-9-12-7-4-5-8-13(12)10-11;;;;;;/h2*9-10H,2-8H2,1H3;2*1H3;2*1H;1H2;/q4*-1;;;;. The van der Waals surface area contributed by atoms with Crippen LogP contribution in [-0.4, -0.2) is 7.63 Å². The maximum absolute atomic E-state index is 2.45. The first-order valence-electron chi connectivity index (χ1n) is 11.7. The van der Waals surface area contributed by atoms with E-state index in [1.165, 1.54) is 89.9 Å². The molecule has 0 nitrogen and oxygen atoms in total. The monoisotopic (exact) mass is 530 g/mol. The molecule has 0 atom stereocenters. The van der Waals surface area contributed by atoms with E-state index in [0.29, 0.717) is 0 Å². The van der Waals surface area contributed by atoms with Gasteiger partial charge in [0, 0.05) is 0 Å². The van der Waals surface area contributed by atoms with Crippen molar-refractivity contribution < 1.29 is 19.2 Å². The molecular formula is C28H48Cl2SiTi-4. The van der Waals surface area contributed by atoms with Crippen LogP contribution in [0.2, 0.25) is 0 Å². The molecular weight excluding hydrogens is 483 g/mol. The van der Waals surface area contributed by atoms with Crippen LogP contribution in [0.15, 0.2) is 24.3 Å². The van der Waals surface area contributed by atoms with E-state index in [0.717, 1.165) is 0 Å². The Bertz CT molecular complexity index is 584. The molecule has 0 unspecified atom stereocenters. The topological polar surface area (TPSA) is 0 Å². The van der Waals surface area contributed by atoms with Gasteiger partial charge < -0.3 is 14.9 Å². The molecule has 0 saturated heterocycles. The Labute approximate surface area is 226 Å². The molecule has 0 spiro atoms. The van der Waals surface area contributed by atoms with Crippen molar-refractivity contribution in [1.29, 1.82) is 0 Å². The molecule has 0 radical (unpaired) electrons. The first-order valence-corrected chi connectivity index (χ1v) is 15.7. The number of hydrogen-bond acceptors (Lipinski definition) is 0. The molecule has 2 aromatic carbocycles. The van der Waals surface area contributed by atoms with Crippen LogP contribution in [0.3, 0.4) is 0 Å². The van der Waals surface area contributed by atoms with Crippen LogP contribution in [0, 0.1) is 14.9 Å². The van der Waals surface area contributed by atoms with Crippen molar-refractivity contribution in [3.05, 3.63) is 72.5 Å². The molecule has 2 aliphatic rings. The number of hydrogen-bond donors (Lipinski definition) is 0. The molecule has 4 rings (SSSR count). The van der Waals surface area contributed by atoms with Gasteiger partial charge in [0.05, 0.1) is 0 Å². The third-order valence-electron chi connectivity index (χ3n) is 6.19. The van der Waals surface area contributed by atoms with Gasteiger partial charge in [-0.05, 0) is 0 Å². The molecule has 4 heteroatoms. The van der Waals surface area contributed by atoms with Crippen LogP contribution in [0.5, 0.6) is 0 Å². The summed E-state index contributed by atoms with van der Waals surface area (Å²) in [6.45, 7) is 4.53. The van der Waals surface area contributed by atoms with Gasteiger partial charge in [-0.15, -0.1) is 24.8 Å². The van der Waals surface area contributed by atoms with Gasteiger partial charge in [-0.1, -0.05) is 104 Å². The zero-order valence-corrected chi connectivity index (χ0v) is 25.8. The maximum atomic E-state index is 2.45. The molecule has 0 fully saturated rings. The van der Waals surface area contributed by atoms with Gasteiger partial charge in [0.2, 0.25) is 0 Å². The van der Waals surface area contributed by atoms with Crippen LogP contribution < -0.4 is 0 Å². The first-order chi connectivity index (χ1) is 13.8. The minimum absolute atomic E-state index is 0. The van der Waals surface area contributed by atoms with Crippen LogP contribution >= 0.6 is 24.8 Å². The normalized spacial score (nSPS) is 12.9. The first kappa shape index (κ1) is 36.8. The number of rotatable bonds is 6. The molecule has 32 heavy (non-hydrogen) atoms. The molecule has 2 aliphatic carbocycles. The van der Waals surface area contributed by atoms with Gasteiger partial charge >= 0.3 is 26.8 Å². The second-order valence-electron chi connectivity index (χ2n) is 8.45. The van der Waals surface area contributed by atoms with E-state index < -0.39 is 0 Å². The SMILES string of the molecule is CCCCc1cc2c([cH-]1)CCCC2.CCCCc1cc2c([cH-]1)CCCC2.Cl.Cl.[CH3-].[CH3-].[SiH2]=[Ti]. The molecule has 0 bridgehead atoms. The molecule has 0 aliphatic heterocycles. The summed E-state index contributed by atoms with van der Waals surface area (Å²) in [5, 5.41) is 0. The zero-order chi connectivity index (χ0) is 20.2. The van der Waals surface area contributed by atoms with Gasteiger partial charge in [0.15, 0.2) is 0 Å². The summed E-state index contributed by atoms with van der Waals surface area (Å²) in [6, 6.07) is 9.79. The fourth-order valence-corrected chi connectivity index (χ4v) is 4.59. The third-order valence-corrected chi connectivity index (χ3v) is 6.19. The van der Waals surface area contributed by atoms with Gasteiger partial charge in [-0.25, -0.2) is 12.1 Å². The average molecular weight is 532 g/mol. The van der Waals surface area contributed by atoms with Gasteiger partial charge in [0.25, 0.3) is 0 Å². The number of fused-ring (bicyclic) bond motifs is 2. The second kappa shape index (κ2) is 21.7. The summed E-state index contributed by atoms with van der Waals surface area (Å²) in [7, 11) is 1.86. The van der Waals surface area contributed by atoms with Crippen molar-refractivity contribution in [3.63, 3.8) is 0 Å². The van der Waals surface area contributed by atoms with Crippen molar-refractivity contribution in [3.8, 4) is 0 Å². The summed E-state index contributed by atoms with van der Waals surface area (Å²) < 4.78 is 0. The molecule has 0 amide bonds. The number of halogens is 2. The molecule has 0 N–H and O–H groups in total. The van der Waals surface area contributed by atoms with Crippen LogP contribution in [0.25, 0.3) is 0 Å². The summed E-state index contributed by atoms with van der Waals surface area (Å²) >= 11 is 2.03. The summed E-state index contributed by atoms with van der Waals surface area (Å²) in [4.78, 5) is 0. The third kappa shape index (κ3) is 12.1. The van der Waals surface area contributed by atoms with E-state index >= 15 is 0 Å². The Kier molecular flexibility index (Phi) is 25.0. The minimum atomic E-state index is 0.